The SMILES string of the molecule is CC(=O)OC/C(=C/CC1[C@H](OC(C)=O)C1(C)C)C[C@]1(O)C(=O)C(C)=C[C@H]1[C@@H](O)CCO. The van der Waals surface area contributed by atoms with E-state index in [4.69, 9.17) is 14.6 Å². The number of aliphatic hydroxyl groups excluding tert-OH is 2. The number of aliphatic hydroxyl groups is 3. The average Bonchev–Trinajstić information content (AvgIpc) is 3.08. The molecule has 0 amide bonds. The molecule has 0 radical (unpaired) electrons. The van der Waals surface area contributed by atoms with Gasteiger partial charge in [0.1, 0.15) is 18.3 Å². The van der Waals surface area contributed by atoms with Crippen molar-refractivity contribution in [3.63, 3.8) is 0 Å². The molecule has 1 unspecified atom stereocenters. The fourth-order valence-corrected chi connectivity index (χ4v) is 4.47. The van der Waals surface area contributed by atoms with Gasteiger partial charge in [-0.05, 0) is 30.9 Å². The summed E-state index contributed by atoms with van der Waals surface area (Å²) < 4.78 is 10.5. The molecule has 31 heavy (non-hydrogen) atoms. The van der Waals surface area contributed by atoms with Crippen molar-refractivity contribution in [2.45, 2.75) is 71.7 Å². The zero-order chi connectivity index (χ0) is 23.6. The van der Waals surface area contributed by atoms with Gasteiger partial charge in [-0.3, -0.25) is 14.4 Å². The first-order valence-electron chi connectivity index (χ1n) is 10.6. The second-order valence-electron chi connectivity index (χ2n) is 9.22. The molecule has 0 aromatic rings. The maximum absolute atomic E-state index is 12.8. The zero-order valence-electron chi connectivity index (χ0n) is 18.9. The normalized spacial score (nSPS) is 30.6. The molecule has 0 aliphatic heterocycles. The van der Waals surface area contributed by atoms with Gasteiger partial charge in [-0.1, -0.05) is 26.0 Å². The highest BCUT2D eigenvalue weighted by atomic mass is 16.6. The Bertz CT molecular complexity index is 780. The molecular weight excluding hydrogens is 404 g/mol. The largest absolute Gasteiger partial charge is 0.462 e. The van der Waals surface area contributed by atoms with E-state index in [0.29, 0.717) is 17.6 Å². The van der Waals surface area contributed by atoms with Crippen LogP contribution in [0, 0.1) is 17.3 Å². The van der Waals surface area contributed by atoms with Crippen LogP contribution in [0.2, 0.25) is 0 Å². The lowest BCUT2D eigenvalue weighted by Crippen LogP contribution is -2.47. The Morgan fingerprint density at radius 1 is 1.26 bits per heavy atom. The van der Waals surface area contributed by atoms with Crippen molar-refractivity contribution in [3.05, 3.63) is 23.3 Å². The zero-order valence-corrected chi connectivity index (χ0v) is 18.9. The van der Waals surface area contributed by atoms with Crippen LogP contribution < -0.4 is 0 Å². The van der Waals surface area contributed by atoms with Gasteiger partial charge >= 0.3 is 11.9 Å². The third-order valence-corrected chi connectivity index (χ3v) is 6.43. The quantitative estimate of drug-likeness (QED) is 0.345. The number of carbonyl (C=O) groups excluding carboxylic acids is 3. The first kappa shape index (κ1) is 25.2. The second kappa shape index (κ2) is 9.63. The van der Waals surface area contributed by atoms with Gasteiger partial charge in [-0.15, -0.1) is 0 Å². The van der Waals surface area contributed by atoms with Crippen molar-refractivity contribution < 1.29 is 39.2 Å². The van der Waals surface area contributed by atoms with Crippen LogP contribution in [0.4, 0.5) is 0 Å². The number of hydrogen-bond acceptors (Lipinski definition) is 8. The topological polar surface area (TPSA) is 130 Å². The van der Waals surface area contributed by atoms with E-state index in [9.17, 15) is 24.6 Å². The molecular formula is C23H34O8. The minimum absolute atomic E-state index is 0.0212. The fourth-order valence-electron chi connectivity index (χ4n) is 4.47. The Labute approximate surface area is 182 Å². The lowest BCUT2D eigenvalue weighted by molar-refractivity contribution is -0.144. The standard InChI is InChI=1S/C23H34O8/c1-13-10-18(19(27)8-9-24)23(29,20(13)28)11-16(12-30-14(2)25)6-7-17-21(22(17,4)5)31-15(3)26/h6,10,17-19,21,24,27,29H,7-9,11-12H2,1-5H3/b16-6+/t17?,18-,19-,21-,23+/m0/s1. The molecule has 8 nitrogen and oxygen atoms in total. The van der Waals surface area contributed by atoms with E-state index < -0.39 is 29.4 Å². The van der Waals surface area contributed by atoms with Crippen LogP contribution in [-0.4, -0.2) is 64.1 Å². The van der Waals surface area contributed by atoms with E-state index >= 15 is 0 Å². The Kier molecular flexibility index (Phi) is 7.84. The lowest BCUT2D eigenvalue weighted by Gasteiger charge is -2.32. The summed E-state index contributed by atoms with van der Waals surface area (Å²) in [5, 5.41) is 30.8. The van der Waals surface area contributed by atoms with Crippen molar-refractivity contribution in [2.75, 3.05) is 13.2 Å². The molecule has 0 spiro atoms. The fraction of sp³-hybridized carbons (Fsp3) is 0.696. The van der Waals surface area contributed by atoms with Gasteiger partial charge in [0.05, 0.1) is 6.10 Å². The summed E-state index contributed by atoms with van der Waals surface area (Å²) in [6.07, 6.45) is 2.44. The summed E-state index contributed by atoms with van der Waals surface area (Å²) in [7, 11) is 0. The number of rotatable bonds is 10. The van der Waals surface area contributed by atoms with Crippen LogP contribution in [-0.2, 0) is 23.9 Å². The van der Waals surface area contributed by atoms with Gasteiger partial charge in [0.25, 0.3) is 0 Å². The Morgan fingerprint density at radius 2 is 1.90 bits per heavy atom. The van der Waals surface area contributed by atoms with Gasteiger partial charge in [-0.2, -0.15) is 0 Å². The van der Waals surface area contributed by atoms with Gasteiger partial charge in [0.15, 0.2) is 5.78 Å². The van der Waals surface area contributed by atoms with E-state index in [2.05, 4.69) is 0 Å². The molecule has 174 valence electrons. The second-order valence-corrected chi connectivity index (χ2v) is 9.22. The van der Waals surface area contributed by atoms with E-state index in [-0.39, 0.29) is 49.5 Å². The minimum Gasteiger partial charge on any atom is -0.462 e. The molecule has 0 saturated heterocycles. The van der Waals surface area contributed by atoms with E-state index in [1.165, 1.54) is 19.9 Å². The van der Waals surface area contributed by atoms with E-state index in [1.807, 2.05) is 19.9 Å². The van der Waals surface area contributed by atoms with Crippen molar-refractivity contribution in [1.29, 1.82) is 0 Å². The molecule has 0 heterocycles. The first-order chi connectivity index (χ1) is 14.3. The number of esters is 2. The average molecular weight is 439 g/mol. The number of ketones is 1. The van der Waals surface area contributed by atoms with Crippen molar-refractivity contribution >= 4 is 17.7 Å². The molecule has 0 aromatic carbocycles. The molecule has 5 atom stereocenters. The van der Waals surface area contributed by atoms with Gasteiger partial charge < -0.3 is 24.8 Å². The molecule has 2 rings (SSSR count). The Hall–Kier alpha value is -2.03. The maximum atomic E-state index is 12.8. The predicted molar refractivity (Wildman–Crippen MR) is 112 cm³/mol. The molecule has 1 fully saturated rings. The third kappa shape index (κ3) is 5.61. The summed E-state index contributed by atoms with van der Waals surface area (Å²) in [4.78, 5) is 35.4. The lowest BCUT2D eigenvalue weighted by atomic mass is 9.79. The smallest absolute Gasteiger partial charge is 0.302 e. The summed E-state index contributed by atoms with van der Waals surface area (Å²) >= 11 is 0. The maximum Gasteiger partial charge on any atom is 0.302 e. The molecule has 2 aliphatic carbocycles. The predicted octanol–water partition coefficient (Wildman–Crippen LogP) is 1.46. The number of ether oxygens (including phenoxy) is 2. The summed E-state index contributed by atoms with van der Waals surface area (Å²) in [6.45, 7) is 7.82. The molecule has 0 bridgehead atoms. The summed E-state index contributed by atoms with van der Waals surface area (Å²) in [6, 6.07) is 0. The first-order valence-corrected chi connectivity index (χ1v) is 10.6. The minimum atomic E-state index is -1.89. The van der Waals surface area contributed by atoms with Crippen LogP contribution in [0.1, 0.15) is 53.9 Å². The number of Topliss-reactive ketones (excluding diaryl/α,β-unsaturated/α-hetero) is 1. The summed E-state index contributed by atoms with van der Waals surface area (Å²) in [5.41, 5.74) is -1.21. The van der Waals surface area contributed by atoms with Gasteiger partial charge in [-0.25, -0.2) is 0 Å². The van der Waals surface area contributed by atoms with Crippen molar-refractivity contribution in [3.8, 4) is 0 Å². The van der Waals surface area contributed by atoms with Crippen LogP contribution >= 0.6 is 0 Å². The molecule has 8 heteroatoms. The van der Waals surface area contributed by atoms with E-state index in [0.717, 1.165) is 0 Å². The highest BCUT2D eigenvalue weighted by Crippen LogP contribution is 2.56. The highest BCUT2D eigenvalue weighted by molar-refractivity contribution is 6.04. The summed E-state index contributed by atoms with van der Waals surface area (Å²) in [5.74, 6) is -2.15. The third-order valence-electron chi connectivity index (χ3n) is 6.43. The molecule has 2 aliphatic rings. The van der Waals surface area contributed by atoms with Gasteiger partial charge in [0, 0.05) is 44.1 Å². The van der Waals surface area contributed by atoms with Crippen LogP contribution in [0.25, 0.3) is 0 Å². The molecule has 3 N–H and O–H groups in total. The van der Waals surface area contributed by atoms with Crippen molar-refractivity contribution in [1.82, 2.24) is 0 Å². The number of carbonyl (C=O) groups is 3. The highest BCUT2D eigenvalue weighted by Gasteiger charge is 2.60. The van der Waals surface area contributed by atoms with Crippen molar-refractivity contribution in [2.24, 2.45) is 17.3 Å². The molecule has 1 saturated carbocycles. The van der Waals surface area contributed by atoms with Crippen LogP contribution in [0.3, 0.4) is 0 Å². The Balaban J connectivity index is 2.23. The number of allylic oxidation sites excluding steroid dienone is 1. The van der Waals surface area contributed by atoms with Crippen LogP contribution in [0.5, 0.6) is 0 Å². The Morgan fingerprint density at radius 3 is 2.45 bits per heavy atom. The van der Waals surface area contributed by atoms with Gasteiger partial charge in [0.2, 0.25) is 0 Å². The van der Waals surface area contributed by atoms with E-state index in [1.54, 1.807) is 6.92 Å². The monoisotopic (exact) mass is 438 g/mol. The number of hydrogen-bond donors (Lipinski definition) is 3. The van der Waals surface area contributed by atoms with Crippen LogP contribution in [0.15, 0.2) is 23.3 Å². The molecule has 0 aromatic heterocycles.